The van der Waals surface area contributed by atoms with E-state index in [9.17, 15) is 4.79 Å². The van der Waals surface area contributed by atoms with Gasteiger partial charge in [0.15, 0.2) is 0 Å². The number of likely N-dealkylation sites (N-methyl/N-ethyl adjacent to an activating group) is 1. The first-order valence-corrected chi connectivity index (χ1v) is 7.34. The lowest BCUT2D eigenvalue weighted by Crippen LogP contribution is -2.31. The van der Waals surface area contributed by atoms with Crippen molar-refractivity contribution in [2.45, 2.75) is 0 Å². The highest BCUT2D eigenvalue weighted by molar-refractivity contribution is 6.30. The number of rotatable bonds is 6. The van der Waals surface area contributed by atoms with Gasteiger partial charge < -0.3 is 15.5 Å². The Morgan fingerprint density at radius 3 is 2.59 bits per heavy atom. The molecule has 1 aromatic carbocycles. The normalized spacial score (nSPS) is 10.5. The summed E-state index contributed by atoms with van der Waals surface area (Å²) in [5.74, 6) is -0.179. The van der Waals surface area contributed by atoms with E-state index in [-0.39, 0.29) is 5.91 Å². The fourth-order valence-electron chi connectivity index (χ4n) is 1.82. The molecule has 1 heterocycles. The van der Waals surface area contributed by atoms with Gasteiger partial charge in [-0.25, -0.2) is 0 Å². The lowest BCUT2D eigenvalue weighted by molar-refractivity contribution is 0.0946. The van der Waals surface area contributed by atoms with E-state index in [2.05, 4.69) is 15.6 Å². The van der Waals surface area contributed by atoms with Crippen LogP contribution in [-0.4, -0.2) is 43.0 Å². The summed E-state index contributed by atoms with van der Waals surface area (Å²) >= 11 is 5.86. The standard InChI is InChI=1S/C16H19ClN4O/c1-21(2)10-9-19-16(22)15-11-14(7-8-18-15)20-13-5-3-12(17)4-6-13/h3-8,11H,9-10H2,1-2H3,(H,18,20)(H,19,22). The lowest BCUT2D eigenvalue weighted by Gasteiger charge is -2.11. The number of pyridine rings is 1. The van der Waals surface area contributed by atoms with Crippen LogP contribution in [0.1, 0.15) is 10.5 Å². The van der Waals surface area contributed by atoms with Crippen molar-refractivity contribution in [3.05, 3.63) is 53.3 Å². The van der Waals surface area contributed by atoms with E-state index in [1.54, 1.807) is 24.4 Å². The molecule has 1 aromatic heterocycles. The zero-order valence-corrected chi connectivity index (χ0v) is 13.4. The predicted molar refractivity (Wildman–Crippen MR) is 89.9 cm³/mol. The van der Waals surface area contributed by atoms with Gasteiger partial charge in [-0.15, -0.1) is 0 Å². The van der Waals surface area contributed by atoms with Crippen LogP contribution in [-0.2, 0) is 0 Å². The number of hydrogen-bond donors (Lipinski definition) is 2. The van der Waals surface area contributed by atoms with Gasteiger partial charge in [0.05, 0.1) is 0 Å². The summed E-state index contributed by atoms with van der Waals surface area (Å²) in [7, 11) is 3.92. The average molecular weight is 319 g/mol. The SMILES string of the molecule is CN(C)CCNC(=O)c1cc(Nc2ccc(Cl)cc2)ccn1. The Labute approximate surface area is 135 Å². The molecule has 0 spiro atoms. The molecule has 0 saturated carbocycles. The second-order valence-electron chi connectivity index (χ2n) is 5.12. The minimum Gasteiger partial charge on any atom is -0.355 e. The summed E-state index contributed by atoms with van der Waals surface area (Å²) in [4.78, 5) is 18.2. The van der Waals surface area contributed by atoms with Crippen LogP contribution in [0.5, 0.6) is 0 Å². The Balaban J connectivity index is 2.00. The van der Waals surface area contributed by atoms with Gasteiger partial charge in [0.1, 0.15) is 5.69 Å². The molecule has 6 heteroatoms. The molecule has 0 bridgehead atoms. The number of carbonyl (C=O) groups is 1. The van der Waals surface area contributed by atoms with Gasteiger partial charge >= 0.3 is 0 Å². The van der Waals surface area contributed by atoms with E-state index >= 15 is 0 Å². The number of amides is 1. The van der Waals surface area contributed by atoms with E-state index in [0.29, 0.717) is 17.3 Å². The summed E-state index contributed by atoms with van der Waals surface area (Å²) in [6, 6.07) is 10.9. The summed E-state index contributed by atoms with van der Waals surface area (Å²) in [6.45, 7) is 1.37. The zero-order valence-electron chi connectivity index (χ0n) is 12.6. The van der Waals surface area contributed by atoms with Crippen LogP contribution < -0.4 is 10.6 Å². The summed E-state index contributed by atoms with van der Waals surface area (Å²) in [5.41, 5.74) is 2.09. The van der Waals surface area contributed by atoms with Gasteiger partial charge in [0.2, 0.25) is 0 Å². The number of halogens is 1. The van der Waals surface area contributed by atoms with Crippen LogP contribution in [0.2, 0.25) is 5.02 Å². The van der Waals surface area contributed by atoms with E-state index in [0.717, 1.165) is 17.9 Å². The van der Waals surface area contributed by atoms with Crippen LogP contribution in [0.3, 0.4) is 0 Å². The first kappa shape index (κ1) is 16.3. The molecule has 0 unspecified atom stereocenters. The lowest BCUT2D eigenvalue weighted by atomic mass is 10.2. The van der Waals surface area contributed by atoms with E-state index in [1.165, 1.54) is 0 Å². The monoisotopic (exact) mass is 318 g/mol. The molecular formula is C16H19ClN4O. The number of aromatic nitrogens is 1. The molecule has 0 fully saturated rings. The molecule has 1 amide bonds. The van der Waals surface area contributed by atoms with Crippen LogP contribution in [0.4, 0.5) is 11.4 Å². The summed E-state index contributed by atoms with van der Waals surface area (Å²) in [6.07, 6.45) is 1.61. The quantitative estimate of drug-likeness (QED) is 0.860. The van der Waals surface area contributed by atoms with Gasteiger partial charge in [-0.2, -0.15) is 0 Å². The Morgan fingerprint density at radius 2 is 1.91 bits per heavy atom. The predicted octanol–water partition coefficient (Wildman–Crippen LogP) is 2.77. The maximum Gasteiger partial charge on any atom is 0.269 e. The maximum absolute atomic E-state index is 12.0. The largest absolute Gasteiger partial charge is 0.355 e. The third-order valence-corrected chi connectivity index (χ3v) is 3.22. The molecule has 0 aliphatic heterocycles. The Kier molecular flexibility index (Phi) is 5.75. The molecule has 0 aliphatic rings. The topological polar surface area (TPSA) is 57.3 Å². The fraction of sp³-hybridized carbons (Fsp3) is 0.250. The van der Waals surface area contributed by atoms with E-state index < -0.39 is 0 Å². The summed E-state index contributed by atoms with van der Waals surface area (Å²) < 4.78 is 0. The van der Waals surface area contributed by atoms with Gasteiger partial charge in [-0.1, -0.05) is 11.6 Å². The van der Waals surface area contributed by atoms with Crippen molar-refractivity contribution < 1.29 is 4.79 Å². The smallest absolute Gasteiger partial charge is 0.269 e. The number of benzene rings is 1. The van der Waals surface area contributed by atoms with E-state index in [1.807, 2.05) is 37.2 Å². The number of nitrogens with one attached hydrogen (secondary N) is 2. The van der Waals surface area contributed by atoms with Crippen molar-refractivity contribution >= 4 is 28.9 Å². The minimum atomic E-state index is -0.179. The molecule has 5 nitrogen and oxygen atoms in total. The highest BCUT2D eigenvalue weighted by Crippen LogP contribution is 2.19. The van der Waals surface area contributed by atoms with Crippen molar-refractivity contribution in [3.63, 3.8) is 0 Å². The first-order chi connectivity index (χ1) is 10.5. The van der Waals surface area contributed by atoms with Crippen LogP contribution in [0, 0.1) is 0 Å². The Bertz CT molecular complexity index is 628. The highest BCUT2D eigenvalue weighted by Gasteiger charge is 2.07. The molecule has 0 atom stereocenters. The Hall–Kier alpha value is -2.11. The van der Waals surface area contributed by atoms with Crippen molar-refractivity contribution in [3.8, 4) is 0 Å². The maximum atomic E-state index is 12.0. The van der Waals surface area contributed by atoms with Crippen LogP contribution in [0.25, 0.3) is 0 Å². The van der Waals surface area contributed by atoms with Crippen molar-refractivity contribution in [1.82, 2.24) is 15.2 Å². The highest BCUT2D eigenvalue weighted by atomic mass is 35.5. The number of hydrogen-bond acceptors (Lipinski definition) is 4. The van der Waals surface area contributed by atoms with Crippen molar-refractivity contribution in [2.24, 2.45) is 0 Å². The molecule has 0 radical (unpaired) electrons. The molecule has 22 heavy (non-hydrogen) atoms. The van der Waals surface area contributed by atoms with Gasteiger partial charge in [-0.05, 0) is 50.5 Å². The van der Waals surface area contributed by atoms with Crippen molar-refractivity contribution in [2.75, 3.05) is 32.5 Å². The molecule has 0 aliphatic carbocycles. The number of carbonyl (C=O) groups excluding carboxylic acids is 1. The Morgan fingerprint density at radius 1 is 1.18 bits per heavy atom. The molecule has 116 valence electrons. The molecule has 2 N–H and O–H groups in total. The molecular weight excluding hydrogens is 300 g/mol. The van der Waals surface area contributed by atoms with Crippen LogP contribution in [0.15, 0.2) is 42.6 Å². The third-order valence-electron chi connectivity index (χ3n) is 2.97. The van der Waals surface area contributed by atoms with Crippen LogP contribution >= 0.6 is 11.6 Å². The van der Waals surface area contributed by atoms with Crippen molar-refractivity contribution in [1.29, 1.82) is 0 Å². The van der Waals surface area contributed by atoms with Gasteiger partial charge in [-0.3, -0.25) is 9.78 Å². The molecule has 0 saturated heterocycles. The second-order valence-corrected chi connectivity index (χ2v) is 5.56. The average Bonchev–Trinajstić information content (AvgIpc) is 2.49. The molecule has 2 aromatic rings. The third kappa shape index (κ3) is 5.02. The van der Waals surface area contributed by atoms with Gasteiger partial charge in [0.25, 0.3) is 5.91 Å². The fourth-order valence-corrected chi connectivity index (χ4v) is 1.94. The first-order valence-electron chi connectivity index (χ1n) is 6.96. The molecule has 2 rings (SSSR count). The summed E-state index contributed by atoms with van der Waals surface area (Å²) in [5, 5.41) is 6.74. The van der Waals surface area contributed by atoms with Gasteiger partial charge in [0, 0.05) is 35.7 Å². The number of anilines is 2. The number of nitrogens with zero attached hydrogens (tertiary/aromatic N) is 2. The zero-order chi connectivity index (χ0) is 15.9. The second kappa shape index (κ2) is 7.77. The minimum absolute atomic E-state index is 0.179. The van der Waals surface area contributed by atoms with E-state index in [4.69, 9.17) is 11.6 Å².